The van der Waals surface area contributed by atoms with Gasteiger partial charge in [0.15, 0.2) is 0 Å². The highest BCUT2D eigenvalue weighted by Gasteiger charge is 2.05. The van der Waals surface area contributed by atoms with Gasteiger partial charge in [0, 0.05) is 5.56 Å². The molecule has 1 heterocycles. The van der Waals surface area contributed by atoms with E-state index in [1.165, 1.54) is 11.1 Å². The first kappa shape index (κ1) is 10.1. The number of aromatic amines is 1. The maximum Gasteiger partial charge on any atom is 0.138 e. The molecule has 0 unspecified atom stereocenters. The second-order valence-electron chi connectivity index (χ2n) is 4.48. The van der Waals surface area contributed by atoms with Gasteiger partial charge < -0.3 is 4.98 Å². The minimum atomic E-state index is 0.943. The zero-order valence-electron chi connectivity index (χ0n) is 9.99. The molecule has 3 aromatic rings. The van der Waals surface area contributed by atoms with Crippen molar-refractivity contribution in [3.8, 4) is 11.4 Å². The number of H-pyrrole nitrogens is 1. The number of hydrogen-bond donors (Lipinski definition) is 1. The average molecular weight is 222 g/mol. The number of fused-ring (bicyclic) bond motifs is 1. The molecule has 0 aliphatic heterocycles. The molecular formula is C15H14N2. The van der Waals surface area contributed by atoms with Gasteiger partial charge in [-0.1, -0.05) is 29.3 Å². The van der Waals surface area contributed by atoms with E-state index in [0.29, 0.717) is 0 Å². The molecule has 0 bridgehead atoms. The minimum absolute atomic E-state index is 0.943. The predicted molar refractivity (Wildman–Crippen MR) is 71.0 cm³/mol. The van der Waals surface area contributed by atoms with Crippen molar-refractivity contribution in [2.45, 2.75) is 13.8 Å². The van der Waals surface area contributed by atoms with Crippen LogP contribution in [0.5, 0.6) is 0 Å². The summed E-state index contributed by atoms with van der Waals surface area (Å²) in [5.41, 5.74) is 5.78. The monoisotopic (exact) mass is 222 g/mol. The molecule has 3 rings (SSSR count). The lowest BCUT2D eigenvalue weighted by molar-refractivity contribution is 1.30. The second kappa shape index (κ2) is 3.74. The van der Waals surface area contributed by atoms with Crippen molar-refractivity contribution in [1.82, 2.24) is 9.97 Å². The molecule has 0 amide bonds. The normalized spacial score (nSPS) is 10.9. The maximum atomic E-state index is 4.61. The summed E-state index contributed by atoms with van der Waals surface area (Å²) in [6.45, 7) is 4.22. The molecular weight excluding hydrogens is 208 g/mol. The Morgan fingerprint density at radius 3 is 2.35 bits per heavy atom. The summed E-state index contributed by atoms with van der Waals surface area (Å²) in [6.07, 6.45) is 0. The van der Waals surface area contributed by atoms with Gasteiger partial charge in [0.05, 0.1) is 11.0 Å². The first-order valence-electron chi connectivity index (χ1n) is 5.76. The summed E-state index contributed by atoms with van der Waals surface area (Å²) in [5, 5.41) is 0. The van der Waals surface area contributed by atoms with Crippen LogP contribution < -0.4 is 0 Å². The molecule has 84 valence electrons. The average Bonchev–Trinajstić information content (AvgIpc) is 2.71. The summed E-state index contributed by atoms with van der Waals surface area (Å²) in [7, 11) is 0. The molecule has 2 nitrogen and oxygen atoms in total. The van der Waals surface area contributed by atoms with Crippen LogP contribution >= 0.6 is 0 Å². The second-order valence-corrected chi connectivity index (χ2v) is 4.48. The van der Waals surface area contributed by atoms with Gasteiger partial charge in [0.25, 0.3) is 0 Å². The molecule has 2 heteroatoms. The van der Waals surface area contributed by atoms with Crippen LogP contribution in [-0.4, -0.2) is 9.97 Å². The summed E-state index contributed by atoms with van der Waals surface area (Å²) < 4.78 is 0. The van der Waals surface area contributed by atoms with Crippen LogP contribution in [0.3, 0.4) is 0 Å². The van der Waals surface area contributed by atoms with E-state index in [1.807, 2.05) is 18.2 Å². The van der Waals surface area contributed by atoms with Crippen molar-refractivity contribution in [2.75, 3.05) is 0 Å². The van der Waals surface area contributed by atoms with Gasteiger partial charge in [-0.25, -0.2) is 4.98 Å². The molecule has 0 aliphatic rings. The Morgan fingerprint density at radius 1 is 0.941 bits per heavy atom. The van der Waals surface area contributed by atoms with E-state index >= 15 is 0 Å². The van der Waals surface area contributed by atoms with E-state index in [4.69, 9.17) is 0 Å². The molecule has 0 aliphatic carbocycles. The SMILES string of the molecule is Cc1cc(C)cc(-c2nc3ccccc3[nH]2)c1. The third kappa shape index (κ3) is 1.82. The highest BCUT2D eigenvalue weighted by molar-refractivity contribution is 5.79. The number of aryl methyl sites for hydroxylation is 2. The lowest BCUT2D eigenvalue weighted by Crippen LogP contribution is -1.84. The van der Waals surface area contributed by atoms with E-state index in [1.54, 1.807) is 0 Å². The third-order valence-corrected chi connectivity index (χ3v) is 2.88. The number of nitrogens with zero attached hydrogens (tertiary/aromatic N) is 1. The number of aromatic nitrogens is 2. The lowest BCUT2D eigenvalue weighted by atomic mass is 10.1. The first-order valence-corrected chi connectivity index (χ1v) is 5.76. The minimum Gasteiger partial charge on any atom is -0.338 e. The van der Waals surface area contributed by atoms with Gasteiger partial charge in [-0.05, 0) is 38.1 Å². The van der Waals surface area contributed by atoms with Crippen molar-refractivity contribution in [2.24, 2.45) is 0 Å². The smallest absolute Gasteiger partial charge is 0.138 e. The Bertz CT molecular complexity index is 627. The Morgan fingerprint density at radius 2 is 1.65 bits per heavy atom. The summed E-state index contributed by atoms with van der Waals surface area (Å²) >= 11 is 0. The largest absolute Gasteiger partial charge is 0.338 e. The van der Waals surface area contributed by atoms with Crippen LogP contribution in [0.2, 0.25) is 0 Å². The number of rotatable bonds is 1. The number of hydrogen-bond acceptors (Lipinski definition) is 1. The molecule has 0 atom stereocenters. The van der Waals surface area contributed by atoms with Crippen LogP contribution in [-0.2, 0) is 0 Å². The van der Waals surface area contributed by atoms with Gasteiger partial charge in [-0.3, -0.25) is 0 Å². The highest BCUT2D eigenvalue weighted by Crippen LogP contribution is 2.22. The fourth-order valence-electron chi connectivity index (χ4n) is 2.20. The number of para-hydroxylation sites is 2. The summed E-state index contributed by atoms with van der Waals surface area (Å²) in [5.74, 6) is 0.943. The molecule has 0 saturated heterocycles. The summed E-state index contributed by atoms with van der Waals surface area (Å²) in [4.78, 5) is 7.96. The zero-order valence-corrected chi connectivity index (χ0v) is 9.99. The Kier molecular flexibility index (Phi) is 2.22. The van der Waals surface area contributed by atoms with Crippen molar-refractivity contribution in [3.63, 3.8) is 0 Å². The number of benzene rings is 2. The Labute approximate surface area is 100 Å². The van der Waals surface area contributed by atoms with E-state index in [0.717, 1.165) is 22.4 Å². The molecule has 0 fully saturated rings. The standard InChI is InChI=1S/C15H14N2/c1-10-7-11(2)9-12(8-10)15-16-13-5-3-4-6-14(13)17-15/h3-9H,1-2H3,(H,16,17). The molecule has 1 N–H and O–H groups in total. The van der Waals surface area contributed by atoms with Crippen LogP contribution in [0.15, 0.2) is 42.5 Å². The van der Waals surface area contributed by atoms with Crippen molar-refractivity contribution >= 4 is 11.0 Å². The van der Waals surface area contributed by atoms with Gasteiger partial charge in [0.1, 0.15) is 5.82 Å². The van der Waals surface area contributed by atoms with Crippen LogP contribution in [0, 0.1) is 13.8 Å². The fraction of sp³-hybridized carbons (Fsp3) is 0.133. The van der Waals surface area contributed by atoms with E-state index in [2.05, 4.69) is 48.1 Å². The quantitative estimate of drug-likeness (QED) is 0.665. The van der Waals surface area contributed by atoms with E-state index in [-0.39, 0.29) is 0 Å². The number of imidazole rings is 1. The topological polar surface area (TPSA) is 28.7 Å². The number of nitrogens with one attached hydrogen (secondary N) is 1. The molecule has 1 aromatic heterocycles. The van der Waals surface area contributed by atoms with Gasteiger partial charge in [-0.2, -0.15) is 0 Å². The Balaban J connectivity index is 2.20. The van der Waals surface area contributed by atoms with E-state index in [9.17, 15) is 0 Å². The Hall–Kier alpha value is -2.09. The fourth-order valence-corrected chi connectivity index (χ4v) is 2.20. The van der Waals surface area contributed by atoms with E-state index < -0.39 is 0 Å². The third-order valence-electron chi connectivity index (χ3n) is 2.88. The lowest BCUT2D eigenvalue weighted by Gasteiger charge is -2.01. The van der Waals surface area contributed by atoms with Crippen molar-refractivity contribution in [1.29, 1.82) is 0 Å². The van der Waals surface area contributed by atoms with Gasteiger partial charge in [-0.15, -0.1) is 0 Å². The van der Waals surface area contributed by atoms with Crippen molar-refractivity contribution < 1.29 is 0 Å². The molecule has 0 saturated carbocycles. The molecule has 17 heavy (non-hydrogen) atoms. The summed E-state index contributed by atoms with van der Waals surface area (Å²) in [6, 6.07) is 14.6. The van der Waals surface area contributed by atoms with Crippen LogP contribution in [0.25, 0.3) is 22.4 Å². The van der Waals surface area contributed by atoms with Crippen molar-refractivity contribution in [3.05, 3.63) is 53.6 Å². The predicted octanol–water partition coefficient (Wildman–Crippen LogP) is 3.85. The molecule has 0 spiro atoms. The van der Waals surface area contributed by atoms with Crippen LogP contribution in [0.4, 0.5) is 0 Å². The zero-order chi connectivity index (χ0) is 11.8. The van der Waals surface area contributed by atoms with Gasteiger partial charge in [0.2, 0.25) is 0 Å². The maximum absolute atomic E-state index is 4.61. The highest BCUT2D eigenvalue weighted by atomic mass is 14.9. The van der Waals surface area contributed by atoms with Crippen LogP contribution in [0.1, 0.15) is 11.1 Å². The first-order chi connectivity index (χ1) is 8.22. The molecule has 2 aromatic carbocycles. The van der Waals surface area contributed by atoms with Gasteiger partial charge >= 0.3 is 0 Å². The molecule has 0 radical (unpaired) electrons.